The molecule has 0 aliphatic carbocycles. The number of nitrogens with zero attached hydrogens (tertiary/aromatic N) is 2. The molecule has 1 unspecified atom stereocenters. The molecule has 0 aliphatic heterocycles. The van der Waals surface area contributed by atoms with Crippen LogP contribution in [0.25, 0.3) is 10.9 Å². The number of benzene rings is 1. The summed E-state index contributed by atoms with van der Waals surface area (Å²) in [6, 6.07) is 7.34. The van der Waals surface area contributed by atoms with Crippen LogP contribution in [0, 0.1) is 5.92 Å². The zero-order chi connectivity index (χ0) is 18.4. The van der Waals surface area contributed by atoms with Crippen LogP contribution >= 0.6 is 11.8 Å². The third-order valence-electron chi connectivity index (χ3n) is 4.07. The number of ether oxygens (including phenoxy) is 1. The molecule has 6 nitrogen and oxygen atoms in total. The molecule has 2 aromatic rings. The van der Waals surface area contributed by atoms with Gasteiger partial charge in [0.05, 0.1) is 29.8 Å². The van der Waals surface area contributed by atoms with Crippen LogP contribution in [0.5, 0.6) is 0 Å². The summed E-state index contributed by atoms with van der Waals surface area (Å²) in [5, 5.41) is 4.07. The molecule has 1 N–H and O–H groups in total. The number of para-hydroxylation sites is 1. The lowest BCUT2D eigenvalue weighted by Crippen LogP contribution is -2.37. The minimum atomic E-state index is -0.110. The van der Waals surface area contributed by atoms with E-state index in [0.29, 0.717) is 35.1 Å². The van der Waals surface area contributed by atoms with Gasteiger partial charge in [0.25, 0.3) is 5.56 Å². The summed E-state index contributed by atoms with van der Waals surface area (Å²) >= 11 is 1.27. The maximum Gasteiger partial charge on any atom is 0.262 e. The summed E-state index contributed by atoms with van der Waals surface area (Å²) in [6.45, 7) is 6.91. The average Bonchev–Trinajstić information content (AvgIpc) is 2.59. The highest BCUT2D eigenvalue weighted by Crippen LogP contribution is 2.17. The Hall–Kier alpha value is -1.86. The number of amides is 1. The van der Waals surface area contributed by atoms with Crippen molar-refractivity contribution in [2.45, 2.75) is 38.5 Å². The van der Waals surface area contributed by atoms with Gasteiger partial charge in [-0.25, -0.2) is 4.98 Å². The van der Waals surface area contributed by atoms with Gasteiger partial charge in [0.1, 0.15) is 0 Å². The summed E-state index contributed by atoms with van der Waals surface area (Å²) in [7, 11) is 1.59. The van der Waals surface area contributed by atoms with Crippen molar-refractivity contribution in [1.82, 2.24) is 14.9 Å². The summed E-state index contributed by atoms with van der Waals surface area (Å²) < 4.78 is 6.68. The molecule has 0 radical (unpaired) electrons. The second kappa shape index (κ2) is 9.01. The summed E-state index contributed by atoms with van der Waals surface area (Å²) in [4.78, 5) is 29.4. The summed E-state index contributed by atoms with van der Waals surface area (Å²) in [5.41, 5.74) is 0.528. The molecule has 1 aromatic heterocycles. The van der Waals surface area contributed by atoms with Crippen molar-refractivity contribution in [3.8, 4) is 0 Å². The molecule has 1 aromatic carbocycles. The van der Waals surface area contributed by atoms with E-state index in [1.54, 1.807) is 17.7 Å². The number of hydrogen-bond acceptors (Lipinski definition) is 5. The normalized spacial score (nSPS) is 12.5. The van der Waals surface area contributed by atoms with Gasteiger partial charge in [0.15, 0.2) is 5.16 Å². The number of methoxy groups -OCH3 is 1. The number of hydrogen-bond donors (Lipinski definition) is 1. The third-order valence-corrected chi connectivity index (χ3v) is 5.04. The molecule has 1 atom stereocenters. The molecule has 0 spiro atoms. The quantitative estimate of drug-likeness (QED) is 0.575. The molecule has 7 heteroatoms. The third kappa shape index (κ3) is 5.06. The van der Waals surface area contributed by atoms with Crippen molar-refractivity contribution in [3.05, 3.63) is 34.6 Å². The van der Waals surface area contributed by atoms with Gasteiger partial charge in [-0.15, -0.1) is 0 Å². The molecule has 0 fully saturated rings. The summed E-state index contributed by atoms with van der Waals surface area (Å²) in [6.07, 6.45) is 0. The molecule has 0 bridgehead atoms. The zero-order valence-electron chi connectivity index (χ0n) is 15.1. The Kier molecular flexibility index (Phi) is 7.01. The van der Waals surface area contributed by atoms with Crippen LogP contribution in [0.3, 0.4) is 0 Å². The van der Waals surface area contributed by atoms with Crippen LogP contribution in [0.15, 0.2) is 34.2 Å². The standard InChI is InChI=1S/C18H25N3O3S/c1-12(2)13(3)19-16(22)11-25-18-20-15-8-6-5-7-14(15)17(23)21(18)9-10-24-4/h5-8,12-13H,9-11H2,1-4H3,(H,19,22). The number of rotatable bonds is 8. The number of carbonyl (C=O) groups is 1. The highest BCUT2D eigenvalue weighted by atomic mass is 32.2. The first-order valence-corrected chi connectivity index (χ1v) is 9.33. The van der Waals surface area contributed by atoms with E-state index in [1.165, 1.54) is 11.8 Å². The highest BCUT2D eigenvalue weighted by molar-refractivity contribution is 7.99. The van der Waals surface area contributed by atoms with E-state index in [0.717, 1.165) is 0 Å². The van der Waals surface area contributed by atoms with Crippen LogP contribution in [-0.4, -0.2) is 41.0 Å². The first kappa shape index (κ1) is 19.5. The van der Waals surface area contributed by atoms with E-state index >= 15 is 0 Å². The van der Waals surface area contributed by atoms with Crippen LogP contribution < -0.4 is 10.9 Å². The van der Waals surface area contributed by atoms with E-state index in [2.05, 4.69) is 24.1 Å². The maximum atomic E-state index is 12.7. The van der Waals surface area contributed by atoms with Gasteiger partial charge in [-0.3, -0.25) is 14.2 Å². The van der Waals surface area contributed by atoms with Gasteiger partial charge in [-0.05, 0) is 25.0 Å². The lowest BCUT2D eigenvalue weighted by molar-refractivity contribution is -0.119. The van der Waals surface area contributed by atoms with Crippen LogP contribution in [0.4, 0.5) is 0 Å². The van der Waals surface area contributed by atoms with E-state index < -0.39 is 0 Å². The Balaban J connectivity index is 2.23. The van der Waals surface area contributed by atoms with E-state index in [-0.39, 0.29) is 23.3 Å². The Labute approximate surface area is 152 Å². The van der Waals surface area contributed by atoms with Crippen LogP contribution in [0.2, 0.25) is 0 Å². The van der Waals surface area contributed by atoms with Crippen LogP contribution in [-0.2, 0) is 16.1 Å². The van der Waals surface area contributed by atoms with Crippen molar-refractivity contribution in [1.29, 1.82) is 0 Å². The van der Waals surface area contributed by atoms with E-state index in [9.17, 15) is 9.59 Å². The first-order valence-electron chi connectivity index (χ1n) is 8.34. The molecule has 2 rings (SSSR count). The van der Waals surface area contributed by atoms with Gasteiger partial charge in [0, 0.05) is 13.2 Å². The minimum absolute atomic E-state index is 0.0631. The largest absolute Gasteiger partial charge is 0.383 e. The predicted octanol–water partition coefficient (Wildman–Crippen LogP) is 2.30. The molecular weight excluding hydrogens is 338 g/mol. The molecule has 1 heterocycles. The Morgan fingerprint density at radius 2 is 2.04 bits per heavy atom. The molecule has 25 heavy (non-hydrogen) atoms. The molecular formula is C18H25N3O3S. The fourth-order valence-corrected chi connectivity index (χ4v) is 3.07. The van der Waals surface area contributed by atoms with Gasteiger partial charge in [0.2, 0.25) is 5.91 Å². The van der Waals surface area contributed by atoms with E-state index in [4.69, 9.17) is 4.74 Å². The van der Waals surface area contributed by atoms with Crippen LogP contribution in [0.1, 0.15) is 20.8 Å². The molecule has 136 valence electrons. The van der Waals surface area contributed by atoms with E-state index in [1.807, 2.05) is 25.1 Å². The lowest BCUT2D eigenvalue weighted by atomic mass is 10.1. The molecule has 0 saturated carbocycles. The fourth-order valence-electron chi connectivity index (χ4n) is 2.23. The number of carbonyl (C=O) groups excluding carboxylic acids is 1. The van der Waals surface area contributed by atoms with Gasteiger partial charge >= 0.3 is 0 Å². The minimum Gasteiger partial charge on any atom is -0.383 e. The highest BCUT2D eigenvalue weighted by Gasteiger charge is 2.15. The maximum absolute atomic E-state index is 12.7. The topological polar surface area (TPSA) is 73.2 Å². The lowest BCUT2D eigenvalue weighted by Gasteiger charge is -2.17. The Bertz CT molecular complexity index is 789. The molecule has 1 amide bonds. The second-order valence-electron chi connectivity index (χ2n) is 6.25. The average molecular weight is 363 g/mol. The van der Waals surface area contributed by atoms with Gasteiger partial charge in [-0.1, -0.05) is 37.7 Å². The Morgan fingerprint density at radius 1 is 1.32 bits per heavy atom. The number of nitrogens with one attached hydrogen (secondary N) is 1. The van der Waals surface area contributed by atoms with Gasteiger partial charge in [-0.2, -0.15) is 0 Å². The number of fused-ring (bicyclic) bond motifs is 1. The SMILES string of the molecule is COCCn1c(SCC(=O)NC(C)C(C)C)nc2ccccc2c1=O. The smallest absolute Gasteiger partial charge is 0.262 e. The monoisotopic (exact) mass is 363 g/mol. The van der Waals surface area contributed by atoms with Crippen molar-refractivity contribution in [2.75, 3.05) is 19.5 Å². The molecule has 0 saturated heterocycles. The predicted molar refractivity (Wildman–Crippen MR) is 101 cm³/mol. The first-order chi connectivity index (χ1) is 11.9. The van der Waals surface area contributed by atoms with Crippen molar-refractivity contribution in [2.24, 2.45) is 5.92 Å². The Morgan fingerprint density at radius 3 is 2.72 bits per heavy atom. The van der Waals surface area contributed by atoms with Gasteiger partial charge < -0.3 is 10.1 Å². The van der Waals surface area contributed by atoms with Crippen molar-refractivity contribution >= 4 is 28.6 Å². The zero-order valence-corrected chi connectivity index (χ0v) is 15.9. The molecule has 0 aliphatic rings. The number of thioether (sulfide) groups is 1. The fraction of sp³-hybridized carbons (Fsp3) is 0.500. The second-order valence-corrected chi connectivity index (χ2v) is 7.19. The van der Waals surface area contributed by atoms with Crippen molar-refractivity contribution in [3.63, 3.8) is 0 Å². The van der Waals surface area contributed by atoms with Crippen molar-refractivity contribution < 1.29 is 9.53 Å². The number of aromatic nitrogens is 2. The summed E-state index contributed by atoms with van der Waals surface area (Å²) in [5.74, 6) is 0.522.